The molecule has 1 aromatic heterocycles. The number of carbonyl (C=O) groups is 1. The van der Waals surface area contributed by atoms with Crippen molar-refractivity contribution in [3.05, 3.63) is 64.1 Å². The van der Waals surface area contributed by atoms with Gasteiger partial charge in [0.2, 0.25) is 5.91 Å². The number of nitrogens with one attached hydrogen (secondary N) is 1. The summed E-state index contributed by atoms with van der Waals surface area (Å²) >= 11 is 1.61. The number of halogens is 1. The van der Waals surface area contributed by atoms with Gasteiger partial charge in [0.05, 0.1) is 18.9 Å². The number of fused-ring (bicyclic) bond motifs is 1. The molecule has 0 bridgehead atoms. The highest BCUT2D eigenvalue weighted by Gasteiger charge is 2.31. The Bertz CT molecular complexity index is 1030. The zero-order valence-corrected chi connectivity index (χ0v) is 17.1. The Balaban J connectivity index is 1.75. The molecule has 0 saturated carbocycles. The fraction of sp³-hybridized carbons (Fsp3) is 0.261. The van der Waals surface area contributed by atoms with Gasteiger partial charge in [-0.1, -0.05) is 18.2 Å². The number of amides is 1. The van der Waals surface area contributed by atoms with Gasteiger partial charge in [-0.25, -0.2) is 4.39 Å². The van der Waals surface area contributed by atoms with Crippen LogP contribution in [0.4, 0.5) is 10.1 Å². The van der Waals surface area contributed by atoms with Crippen molar-refractivity contribution in [3.8, 4) is 22.6 Å². The first-order valence-corrected chi connectivity index (χ1v) is 10.5. The van der Waals surface area contributed by atoms with Crippen LogP contribution < -0.4 is 14.8 Å². The van der Waals surface area contributed by atoms with Crippen LogP contribution in [0, 0.1) is 5.82 Å². The van der Waals surface area contributed by atoms with E-state index < -0.39 is 0 Å². The first kappa shape index (κ1) is 19.5. The molecule has 4 rings (SSSR count). The number of rotatable bonds is 6. The maximum atomic E-state index is 13.3. The first-order chi connectivity index (χ1) is 14.1. The van der Waals surface area contributed by atoms with Crippen LogP contribution in [-0.4, -0.2) is 19.1 Å². The lowest BCUT2D eigenvalue weighted by atomic mass is 9.89. The lowest BCUT2D eigenvalue weighted by molar-refractivity contribution is -0.116. The number of carbonyl (C=O) groups excluding carboxylic acids is 1. The predicted molar refractivity (Wildman–Crippen MR) is 114 cm³/mol. The Morgan fingerprint density at radius 1 is 1.07 bits per heavy atom. The summed E-state index contributed by atoms with van der Waals surface area (Å²) in [6.45, 7) is 4.96. The molecule has 6 heteroatoms. The van der Waals surface area contributed by atoms with Crippen LogP contribution in [0.1, 0.15) is 36.6 Å². The number of hydrogen-bond acceptors (Lipinski definition) is 4. The molecule has 1 unspecified atom stereocenters. The Morgan fingerprint density at radius 2 is 1.79 bits per heavy atom. The Kier molecular flexibility index (Phi) is 5.53. The molecule has 0 aliphatic carbocycles. The van der Waals surface area contributed by atoms with E-state index in [2.05, 4.69) is 5.32 Å². The molecule has 0 spiro atoms. The molecule has 1 aliphatic rings. The van der Waals surface area contributed by atoms with Gasteiger partial charge in [-0.05, 0) is 49.2 Å². The molecule has 0 radical (unpaired) electrons. The van der Waals surface area contributed by atoms with E-state index in [0.717, 1.165) is 27.3 Å². The molecule has 1 amide bonds. The highest BCUT2D eigenvalue weighted by atomic mass is 32.1. The molecule has 1 atom stereocenters. The lowest BCUT2D eigenvalue weighted by Crippen LogP contribution is -2.22. The zero-order chi connectivity index (χ0) is 20.4. The second kappa shape index (κ2) is 8.25. The molecule has 2 aromatic carbocycles. The fourth-order valence-corrected chi connectivity index (χ4v) is 4.78. The summed E-state index contributed by atoms with van der Waals surface area (Å²) in [5.41, 5.74) is 3.63. The highest BCUT2D eigenvalue weighted by Crippen LogP contribution is 2.47. The summed E-state index contributed by atoms with van der Waals surface area (Å²) in [6, 6.07) is 12.2. The molecule has 3 aromatic rings. The summed E-state index contributed by atoms with van der Waals surface area (Å²) in [6.07, 6.45) is 0.371. The van der Waals surface area contributed by atoms with Crippen molar-refractivity contribution in [3.63, 3.8) is 0 Å². The van der Waals surface area contributed by atoms with Crippen LogP contribution >= 0.6 is 11.3 Å². The van der Waals surface area contributed by atoms with E-state index in [1.807, 2.05) is 37.4 Å². The minimum absolute atomic E-state index is 0.0314. The van der Waals surface area contributed by atoms with Gasteiger partial charge < -0.3 is 14.8 Å². The molecular weight excluding hydrogens is 389 g/mol. The largest absolute Gasteiger partial charge is 0.490 e. The molecule has 29 heavy (non-hydrogen) atoms. The molecule has 1 aliphatic heterocycles. The number of thiophene rings is 1. The van der Waals surface area contributed by atoms with Gasteiger partial charge in [0, 0.05) is 28.2 Å². The predicted octanol–water partition coefficient (Wildman–Crippen LogP) is 5.83. The van der Waals surface area contributed by atoms with Crippen molar-refractivity contribution in [1.82, 2.24) is 0 Å². The van der Waals surface area contributed by atoms with Crippen molar-refractivity contribution < 1.29 is 18.7 Å². The summed E-state index contributed by atoms with van der Waals surface area (Å²) < 4.78 is 24.7. The van der Waals surface area contributed by atoms with Gasteiger partial charge in [-0.2, -0.15) is 0 Å². The van der Waals surface area contributed by atoms with Crippen molar-refractivity contribution in [2.75, 3.05) is 18.5 Å². The summed E-state index contributed by atoms with van der Waals surface area (Å²) in [5.74, 6) is 1.02. The normalized spacial score (nSPS) is 15.6. The van der Waals surface area contributed by atoms with E-state index in [1.165, 1.54) is 12.1 Å². The highest BCUT2D eigenvalue weighted by molar-refractivity contribution is 7.11. The molecule has 1 N–H and O–H groups in total. The molecular formula is C23H22FNO3S. The fourth-order valence-electron chi connectivity index (χ4n) is 3.62. The van der Waals surface area contributed by atoms with E-state index in [4.69, 9.17) is 9.47 Å². The average Bonchev–Trinajstić information content (AvgIpc) is 3.13. The van der Waals surface area contributed by atoms with Crippen molar-refractivity contribution in [1.29, 1.82) is 0 Å². The van der Waals surface area contributed by atoms with Crippen molar-refractivity contribution in [2.24, 2.45) is 0 Å². The van der Waals surface area contributed by atoms with Crippen LogP contribution in [0.15, 0.2) is 47.8 Å². The van der Waals surface area contributed by atoms with Crippen molar-refractivity contribution in [2.45, 2.75) is 26.2 Å². The SMILES string of the molecule is CCOc1ccc(C2CC(=O)Nc3c(-c4ccc(F)cc4)csc32)cc1OCC. The minimum atomic E-state index is -0.280. The van der Waals surface area contributed by atoms with Gasteiger partial charge in [0.25, 0.3) is 0 Å². The maximum absolute atomic E-state index is 13.3. The van der Waals surface area contributed by atoms with Gasteiger partial charge in [-0.3, -0.25) is 4.79 Å². The number of benzene rings is 2. The number of anilines is 1. The van der Waals surface area contributed by atoms with Crippen molar-refractivity contribution >= 4 is 22.9 Å². The third kappa shape index (κ3) is 3.85. The molecule has 4 nitrogen and oxygen atoms in total. The number of ether oxygens (including phenoxy) is 2. The maximum Gasteiger partial charge on any atom is 0.225 e. The van der Waals surface area contributed by atoms with Gasteiger partial charge in [-0.15, -0.1) is 11.3 Å². The van der Waals surface area contributed by atoms with Crippen LogP contribution in [0.5, 0.6) is 11.5 Å². The lowest BCUT2D eigenvalue weighted by Gasteiger charge is -2.24. The summed E-state index contributed by atoms with van der Waals surface area (Å²) in [5, 5.41) is 5.04. The molecule has 150 valence electrons. The van der Waals surface area contributed by atoms with E-state index in [9.17, 15) is 9.18 Å². The standard InChI is InChI=1S/C23H22FNO3S/c1-3-27-19-10-7-15(11-20(19)28-4-2)17-12-21(26)25-22-18(13-29-23(17)22)14-5-8-16(24)9-6-14/h5-11,13,17H,3-4,12H2,1-2H3,(H,25,26). The minimum Gasteiger partial charge on any atom is -0.490 e. The topological polar surface area (TPSA) is 47.6 Å². The average molecular weight is 411 g/mol. The van der Waals surface area contributed by atoms with E-state index in [1.54, 1.807) is 23.5 Å². The quantitative estimate of drug-likeness (QED) is 0.555. The summed E-state index contributed by atoms with van der Waals surface area (Å²) in [7, 11) is 0. The third-order valence-corrected chi connectivity index (χ3v) is 6.01. The van der Waals surface area contributed by atoms with Crippen LogP contribution in [0.2, 0.25) is 0 Å². The summed E-state index contributed by atoms with van der Waals surface area (Å²) in [4.78, 5) is 13.6. The Labute approximate surface area is 173 Å². The molecule has 2 heterocycles. The van der Waals surface area contributed by atoms with Crippen LogP contribution in [0.25, 0.3) is 11.1 Å². The second-order valence-electron chi connectivity index (χ2n) is 6.77. The third-order valence-electron chi connectivity index (χ3n) is 4.91. The van der Waals surface area contributed by atoms with Gasteiger partial charge in [0.15, 0.2) is 11.5 Å². The van der Waals surface area contributed by atoms with E-state index in [-0.39, 0.29) is 17.6 Å². The van der Waals surface area contributed by atoms with Gasteiger partial charge >= 0.3 is 0 Å². The van der Waals surface area contributed by atoms with Crippen LogP contribution in [0.3, 0.4) is 0 Å². The molecule has 0 fully saturated rings. The van der Waals surface area contributed by atoms with Crippen LogP contribution in [-0.2, 0) is 4.79 Å². The van der Waals surface area contributed by atoms with E-state index >= 15 is 0 Å². The first-order valence-electron chi connectivity index (χ1n) is 9.67. The van der Waals surface area contributed by atoms with Gasteiger partial charge in [0.1, 0.15) is 5.82 Å². The monoisotopic (exact) mass is 411 g/mol. The smallest absolute Gasteiger partial charge is 0.225 e. The number of hydrogen-bond donors (Lipinski definition) is 1. The Morgan fingerprint density at radius 3 is 2.52 bits per heavy atom. The van der Waals surface area contributed by atoms with E-state index in [0.29, 0.717) is 31.1 Å². The molecule has 0 saturated heterocycles. The second-order valence-corrected chi connectivity index (χ2v) is 7.68. The Hall–Kier alpha value is -2.86. The zero-order valence-electron chi connectivity index (χ0n) is 16.3.